The summed E-state index contributed by atoms with van der Waals surface area (Å²) in [6.45, 7) is 0. The molecule has 0 N–H and O–H groups in total. The minimum absolute atomic E-state index is 0.00264. The van der Waals surface area contributed by atoms with Crippen LogP contribution in [0.3, 0.4) is 0 Å². The summed E-state index contributed by atoms with van der Waals surface area (Å²) in [5.41, 5.74) is 0.378. The Morgan fingerprint density at radius 3 is 2.69 bits per heavy atom. The maximum absolute atomic E-state index is 14.2. The van der Waals surface area contributed by atoms with Gasteiger partial charge in [0, 0.05) is 17.7 Å². The summed E-state index contributed by atoms with van der Waals surface area (Å²) < 4.78 is 42.2. The number of rotatable bonds is 5. The molecule has 1 heterocycles. The molecular formula is C18H13ClFNO4S. The van der Waals surface area contributed by atoms with Gasteiger partial charge in [0.15, 0.2) is 15.6 Å². The molecule has 26 heavy (non-hydrogen) atoms. The Kier molecular flexibility index (Phi) is 4.93. The number of ether oxygens (including phenoxy) is 1. The predicted molar refractivity (Wildman–Crippen MR) is 97.3 cm³/mol. The summed E-state index contributed by atoms with van der Waals surface area (Å²) in [5, 5.41) is 0.818. The van der Waals surface area contributed by atoms with Crippen LogP contribution in [0.5, 0.6) is 11.5 Å². The molecule has 2 aromatic carbocycles. The van der Waals surface area contributed by atoms with Crippen LogP contribution in [0, 0.1) is 5.82 Å². The van der Waals surface area contributed by atoms with Crippen molar-refractivity contribution >= 4 is 38.1 Å². The second kappa shape index (κ2) is 7.01. The lowest BCUT2D eigenvalue weighted by Gasteiger charge is -2.10. The molecule has 5 nitrogen and oxygen atoms in total. The SMILES string of the molecule is CS(=O)(=O)CC(=O)c1cc(Cl)c(Oc2cnc3ccccc3c2)cc1F. The van der Waals surface area contributed by atoms with Crippen molar-refractivity contribution < 1.29 is 22.3 Å². The zero-order valence-electron chi connectivity index (χ0n) is 13.6. The van der Waals surface area contributed by atoms with Gasteiger partial charge in [0.25, 0.3) is 0 Å². The third kappa shape index (κ3) is 4.17. The molecule has 3 rings (SSSR count). The molecule has 0 unspecified atom stereocenters. The van der Waals surface area contributed by atoms with Crippen molar-refractivity contribution in [2.45, 2.75) is 0 Å². The van der Waals surface area contributed by atoms with E-state index in [0.29, 0.717) is 5.75 Å². The summed E-state index contributed by atoms with van der Waals surface area (Å²) in [6.07, 6.45) is 2.37. The molecule has 0 aliphatic rings. The lowest BCUT2D eigenvalue weighted by molar-refractivity contribution is 0.101. The minimum Gasteiger partial charge on any atom is -0.454 e. The van der Waals surface area contributed by atoms with E-state index in [1.54, 1.807) is 6.07 Å². The summed E-state index contributed by atoms with van der Waals surface area (Å²) in [6, 6.07) is 11.1. The number of halogens is 2. The maximum atomic E-state index is 14.2. The number of fused-ring (bicyclic) bond motifs is 1. The quantitative estimate of drug-likeness (QED) is 0.611. The van der Waals surface area contributed by atoms with E-state index in [0.717, 1.165) is 29.3 Å². The average Bonchev–Trinajstić information content (AvgIpc) is 2.56. The Bertz CT molecular complexity index is 1120. The highest BCUT2D eigenvalue weighted by Crippen LogP contribution is 2.32. The van der Waals surface area contributed by atoms with Gasteiger partial charge in [-0.15, -0.1) is 0 Å². The van der Waals surface area contributed by atoms with Gasteiger partial charge in [-0.3, -0.25) is 9.78 Å². The molecule has 3 aromatic rings. The van der Waals surface area contributed by atoms with Crippen LogP contribution in [0.1, 0.15) is 10.4 Å². The molecule has 0 atom stereocenters. The number of aromatic nitrogens is 1. The molecule has 0 aliphatic heterocycles. The standard InChI is InChI=1S/C18H13ClFNO4S/c1-26(23,24)10-17(22)13-7-14(19)18(8-15(13)20)25-12-6-11-4-2-3-5-16(11)21-9-12/h2-9H,10H2,1H3. The highest BCUT2D eigenvalue weighted by molar-refractivity contribution is 7.91. The second-order valence-electron chi connectivity index (χ2n) is 5.72. The van der Waals surface area contributed by atoms with Gasteiger partial charge >= 0.3 is 0 Å². The number of sulfone groups is 1. The van der Waals surface area contributed by atoms with Crippen molar-refractivity contribution in [1.29, 1.82) is 0 Å². The van der Waals surface area contributed by atoms with E-state index in [2.05, 4.69) is 4.98 Å². The first-order valence-corrected chi connectivity index (χ1v) is 9.89. The van der Waals surface area contributed by atoms with E-state index < -0.39 is 32.8 Å². The van der Waals surface area contributed by atoms with Crippen LogP contribution in [0.2, 0.25) is 5.02 Å². The molecule has 0 amide bonds. The second-order valence-corrected chi connectivity index (χ2v) is 8.27. The van der Waals surface area contributed by atoms with Crippen LogP contribution >= 0.6 is 11.6 Å². The van der Waals surface area contributed by atoms with Gasteiger partial charge in [0.1, 0.15) is 23.1 Å². The first kappa shape index (κ1) is 18.3. The number of hydrogen-bond donors (Lipinski definition) is 0. The largest absolute Gasteiger partial charge is 0.454 e. The van der Waals surface area contributed by atoms with Crippen molar-refractivity contribution in [1.82, 2.24) is 4.98 Å². The predicted octanol–water partition coefficient (Wildman–Crippen LogP) is 4.05. The average molecular weight is 394 g/mol. The maximum Gasteiger partial charge on any atom is 0.180 e. The fourth-order valence-electron chi connectivity index (χ4n) is 2.37. The molecule has 0 bridgehead atoms. The number of nitrogens with zero attached hydrogens (tertiary/aromatic N) is 1. The zero-order valence-corrected chi connectivity index (χ0v) is 15.1. The monoisotopic (exact) mass is 393 g/mol. The van der Waals surface area contributed by atoms with Crippen LogP contribution in [0.25, 0.3) is 10.9 Å². The van der Waals surface area contributed by atoms with Crippen molar-refractivity contribution in [3.8, 4) is 11.5 Å². The number of hydrogen-bond acceptors (Lipinski definition) is 5. The molecule has 8 heteroatoms. The lowest BCUT2D eigenvalue weighted by Crippen LogP contribution is -2.16. The Labute approximate surface area is 154 Å². The van der Waals surface area contributed by atoms with Crippen molar-refractivity contribution in [3.63, 3.8) is 0 Å². The van der Waals surface area contributed by atoms with Crippen LogP contribution in [0.15, 0.2) is 48.7 Å². The molecule has 1 aromatic heterocycles. The zero-order chi connectivity index (χ0) is 18.9. The molecule has 0 saturated heterocycles. The van der Waals surface area contributed by atoms with Gasteiger partial charge in [0.2, 0.25) is 0 Å². The van der Waals surface area contributed by atoms with E-state index in [-0.39, 0.29) is 10.8 Å². The van der Waals surface area contributed by atoms with Gasteiger partial charge in [-0.1, -0.05) is 29.8 Å². The van der Waals surface area contributed by atoms with Crippen LogP contribution < -0.4 is 4.74 Å². The van der Waals surface area contributed by atoms with E-state index in [9.17, 15) is 17.6 Å². The summed E-state index contributed by atoms with van der Waals surface area (Å²) in [5.74, 6) is -2.23. The number of carbonyl (C=O) groups is 1. The molecule has 0 aliphatic carbocycles. The fraction of sp³-hybridized carbons (Fsp3) is 0.111. The number of para-hydroxylation sites is 1. The Balaban J connectivity index is 1.91. The number of carbonyl (C=O) groups excluding carboxylic acids is 1. The molecule has 0 saturated carbocycles. The van der Waals surface area contributed by atoms with Crippen molar-refractivity contribution in [2.24, 2.45) is 0 Å². The lowest BCUT2D eigenvalue weighted by atomic mass is 10.1. The van der Waals surface area contributed by atoms with Gasteiger partial charge in [0.05, 0.1) is 22.3 Å². The summed E-state index contributed by atoms with van der Waals surface area (Å²) in [7, 11) is -3.58. The van der Waals surface area contributed by atoms with Crippen LogP contribution in [0.4, 0.5) is 4.39 Å². The van der Waals surface area contributed by atoms with Crippen LogP contribution in [-0.4, -0.2) is 31.2 Å². The minimum atomic E-state index is -3.58. The Hall–Kier alpha value is -2.51. The van der Waals surface area contributed by atoms with Gasteiger partial charge < -0.3 is 4.74 Å². The van der Waals surface area contributed by atoms with Crippen LogP contribution in [-0.2, 0) is 9.84 Å². The van der Waals surface area contributed by atoms with E-state index in [1.807, 2.05) is 24.3 Å². The molecular weight excluding hydrogens is 381 g/mol. The summed E-state index contributed by atoms with van der Waals surface area (Å²) in [4.78, 5) is 16.2. The van der Waals surface area contributed by atoms with Gasteiger partial charge in [-0.25, -0.2) is 12.8 Å². The molecule has 0 fully saturated rings. The van der Waals surface area contributed by atoms with Crippen molar-refractivity contribution in [3.05, 3.63) is 65.1 Å². The third-order valence-corrected chi connectivity index (χ3v) is 4.59. The highest BCUT2D eigenvalue weighted by Gasteiger charge is 2.20. The first-order chi connectivity index (χ1) is 12.2. The fourth-order valence-corrected chi connectivity index (χ4v) is 3.20. The highest BCUT2D eigenvalue weighted by atomic mass is 35.5. The van der Waals surface area contributed by atoms with E-state index in [1.165, 1.54) is 6.20 Å². The Morgan fingerprint density at radius 1 is 1.23 bits per heavy atom. The smallest absolute Gasteiger partial charge is 0.180 e. The molecule has 0 radical (unpaired) electrons. The van der Waals surface area contributed by atoms with Gasteiger partial charge in [-0.2, -0.15) is 0 Å². The first-order valence-electron chi connectivity index (χ1n) is 7.45. The number of Topliss-reactive ketones (excluding diaryl/α,β-unsaturated/α-hetero) is 1. The number of pyridine rings is 1. The normalized spacial score (nSPS) is 11.5. The molecule has 0 spiro atoms. The molecule has 134 valence electrons. The topological polar surface area (TPSA) is 73.3 Å². The Morgan fingerprint density at radius 2 is 1.96 bits per heavy atom. The van der Waals surface area contributed by atoms with E-state index >= 15 is 0 Å². The third-order valence-electron chi connectivity index (χ3n) is 3.51. The number of ketones is 1. The van der Waals surface area contributed by atoms with E-state index in [4.69, 9.17) is 16.3 Å². The number of benzene rings is 2. The van der Waals surface area contributed by atoms with Crippen molar-refractivity contribution in [2.75, 3.05) is 12.0 Å². The summed E-state index contributed by atoms with van der Waals surface area (Å²) >= 11 is 6.07. The van der Waals surface area contributed by atoms with Gasteiger partial charge in [-0.05, 0) is 18.2 Å².